The van der Waals surface area contributed by atoms with Crippen molar-refractivity contribution in [3.8, 4) is 0 Å². The van der Waals surface area contributed by atoms with E-state index in [1.54, 1.807) is 30.5 Å². The Balaban J connectivity index is 2.19. The van der Waals surface area contributed by atoms with Crippen LogP contribution in [0.4, 0.5) is 0 Å². The van der Waals surface area contributed by atoms with E-state index in [0.29, 0.717) is 10.5 Å². The molecule has 0 aliphatic carbocycles. The standard InChI is InChI=1S/C12H15NO2S/c1-16(15)11-6-4-5-10(9-11)12(14)13-7-2-3-8-13/h4-6,9H,2-3,7-8H2,1H3. The highest BCUT2D eigenvalue weighted by atomic mass is 32.2. The van der Waals surface area contributed by atoms with Gasteiger partial charge in [-0.2, -0.15) is 0 Å². The molecule has 3 nitrogen and oxygen atoms in total. The molecule has 0 saturated carbocycles. The molecule has 1 aromatic carbocycles. The van der Waals surface area contributed by atoms with Crippen LogP contribution < -0.4 is 0 Å². The molecule has 1 unspecified atom stereocenters. The van der Waals surface area contributed by atoms with Crippen molar-refractivity contribution in [2.75, 3.05) is 19.3 Å². The normalized spacial score (nSPS) is 17.5. The number of hydrogen-bond donors (Lipinski definition) is 0. The minimum absolute atomic E-state index is 0.0600. The average molecular weight is 237 g/mol. The van der Waals surface area contributed by atoms with Crippen LogP contribution >= 0.6 is 0 Å². The van der Waals surface area contributed by atoms with Crippen molar-refractivity contribution < 1.29 is 9.35 Å². The van der Waals surface area contributed by atoms with E-state index in [4.69, 9.17) is 0 Å². The molecule has 1 fully saturated rings. The Morgan fingerprint density at radius 1 is 1.38 bits per heavy atom. The first-order chi connectivity index (χ1) is 7.68. The molecule has 0 spiro atoms. The van der Waals surface area contributed by atoms with Gasteiger partial charge in [0.25, 0.3) is 5.91 Å². The number of carbonyl (C=O) groups excluding carboxylic acids is 1. The van der Waals surface area contributed by atoms with Crippen LogP contribution in [-0.4, -0.2) is 34.7 Å². The van der Waals surface area contributed by atoms with Crippen LogP contribution in [0.2, 0.25) is 0 Å². The molecule has 1 heterocycles. The Kier molecular flexibility index (Phi) is 3.51. The third-order valence-electron chi connectivity index (χ3n) is 2.81. The number of likely N-dealkylation sites (tertiary alicyclic amines) is 1. The van der Waals surface area contributed by atoms with Crippen LogP contribution in [0.25, 0.3) is 0 Å². The summed E-state index contributed by atoms with van der Waals surface area (Å²) in [5.74, 6) is 0.0600. The van der Waals surface area contributed by atoms with Gasteiger partial charge in [0.05, 0.1) is 0 Å². The van der Waals surface area contributed by atoms with E-state index in [1.165, 1.54) is 0 Å². The van der Waals surface area contributed by atoms with Gasteiger partial charge in [0, 0.05) is 24.7 Å². The highest BCUT2D eigenvalue weighted by molar-refractivity contribution is 7.90. The van der Waals surface area contributed by atoms with Crippen LogP contribution in [0.5, 0.6) is 0 Å². The summed E-state index contributed by atoms with van der Waals surface area (Å²) in [5.41, 5.74) is 0.648. The molecule has 0 N–H and O–H groups in total. The Hall–Kier alpha value is -1.00. The predicted octanol–water partition coefficient (Wildman–Crippen LogP) is 1.66. The van der Waals surface area contributed by atoms with Gasteiger partial charge in [-0.15, -0.1) is 0 Å². The highest BCUT2D eigenvalue weighted by Crippen LogP contribution is 2.16. The van der Waals surface area contributed by atoms with Crippen molar-refractivity contribution in [2.45, 2.75) is 17.7 Å². The summed E-state index contributed by atoms with van der Waals surface area (Å²) >= 11 is -1.03. The molecule has 1 aliphatic rings. The van der Waals surface area contributed by atoms with Crippen molar-refractivity contribution in [1.29, 1.82) is 0 Å². The SMILES string of the molecule is C[S+]([O-])c1cccc(C(=O)N2CCCC2)c1. The molecule has 2 rings (SSSR count). The fourth-order valence-electron chi connectivity index (χ4n) is 1.91. The third kappa shape index (κ3) is 2.39. The maximum Gasteiger partial charge on any atom is 0.254 e. The number of benzene rings is 1. The number of hydrogen-bond acceptors (Lipinski definition) is 2. The lowest BCUT2D eigenvalue weighted by atomic mass is 10.2. The zero-order valence-electron chi connectivity index (χ0n) is 9.31. The Morgan fingerprint density at radius 2 is 2.06 bits per heavy atom. The van der Waals surface area contributed by atoms with Crippen LogP contribution in [-0.2, 0) is 11.2 Å². The Bertz CT molecular complexity index is 386. The van der Waals surface area contributed by atoms with E-state index in [1.807, 2.05) is 4.90 Å². The molecule has 4 heteroatoms. The van der Waals surface area contributed by atoms with Crippen LogP contribution in [0.3, 0.4) is 0 Å². The van der Waals surface area contributed by atoms with Gasteiger partial charge in [-0.05, 0) is 36.2 Å². The number of amides is 1. The van der Waals surface area contributed by atoms with Gasteiger partial charge in [0.2, 0.25) is 0 Å². The Morgan fingerprint density at radius 3 is 2.69 bits per heavy atom. The van der Waals surface area contributed by atoms with E-state index >= 15 is 0 Å². The molecule has 1 saturated heterocycles. The minimum Gasteiger partial charge on any atom is -0.612 e. The third-order valence-corrected chi connectivity index (χ3v) is 3.72. The van der Waals surface area contributed by atoms with Gasteiger partial charge in [0.15, 0.2) is 4.90 Å². The molecule has 16 heavy (non-hydrogen) atoms. The van der Waals surface area contributed by atoms with Gasteiger partial charge in [0.1, 0.15) is 6.26 Å². The predicted molar refractivity (Wildman–Crippen MR) is 63.9 cm³/mol. The second-order valence-electron chi connectivity index (χ2n) is 3.98. The maximum atomic E-state index is 12.0. The van der Waals surface area contributed by atoms with Gasteiger partial charge < -0.3 is 9.45 Å². The minimum atomic E-state index is -1.03. The van der Waals surface area contributed by atoms with Gasteiger partial charge >= 0.3 is 0 Å². The first kappa shape index (κ1) is 11.5. The second-order valence-corrected chi connectivity index (χ2v) is 5.36. The molecular weight excluding hydrogens is 222 g/mol. The molecule has 0 aromatic heterocycles. The maximum absolute atomic E-state index is 12.0. The molecule has 86 valence electrons. The second kappa shape index (κ2) is 4.89. The Labute approximate surface area is 98.6 Å². The topological polar surface area (TPSA) is 43.4 Å². The summed E-state index contributed by atoms with van der Waals surface area (Å²) in [4.78, 5) is 14.6. The monoisotopic (exact) mass is 237 g/mol. The summed E-state index contributed by atoms with van der Waals surface area (Å²) in [6.45, 7) is 1.69. The lowest BCUT2D eigenvalue weighted by molar-refractivity contribution is 0.0792. The number of rotatable bonds is 2. The molecule has 0 radical (unpaired) electrons. The zero-order valence-corrected chi connectivity index (χ0v) is 10.1. The fraction of sp³-hybridized carbons (Fsp3) is 0.417. The molecule has 1 aromatic rings. The quantitative estimate of drug-likeness (QED) is 0.734. The fourth-order valence-corrected chi connectivity index (χ4v) is 2.47. The van der Waals surface area contributed by atoms with Crippen molar-refractivity contribution in [1.82, 2.24) is 4.90 Å². The van der Waals surface area contributed by atoms with Crippen molar-refractivity contribution >= 4 is 17.1 Å². The number of nitrogens with zero attached hydrogens (tertiary/aromatic N) is 1. The van der Waals surface area contributed by atoms with E-state index in [9.17, 15) is 9.35 Å². The smallest absolute Gasteiger partial charge is 0.254 e. The van der Waals surface area contributed by atoms with Crippen LogP contribution in [0.1, 0.15) is 23.2 Å². The average Bonchev–Trinajstić information content (AvgIpc) is 2.81. The molecule has 1 aliphatic heterocycles. The molecule has 1 atom stereocenters. The summed E-state index contributed by atoms with van der Waals surface area (Å²) < 4.78 is 11.3. The summed E-state index contributed by atoms with van der Waals surface area (Å²) in [6, 6.07) is 7.10. The van der Waals surface area contributed by atoms with Gasteiger partial charge in [-0.25, -0.2) is 0 Å². The van der Waals surface area contributed by atoms with Crippen LogP contribution in [0, 0.1) is 0 Å². The van der Waals surface area contributed by atoms with Gasteiger partial charge in [-0.1, -0.05) is 6.07 Å². The highest BCUT2D eigenvalue weighted by Gasteiger charge is 2.20. The summed E-state index contributed by atoms with van der Waals surface area (Å²) in [7, 11) is 0. The van der Waals surface area contributed by atoms with Crippen molar-refractivity contribution in [3.63, 3.8) is 0 Å². The molecule has 0 bridgehead atoms. The number of carbonyl (C=O) groups is 1. The van der Waals surface area contributed by atoms with E-state index in [2.05, 4.69) is 0 Å². The lowest BCUT2D eigenvalue weighted by Gasteiger charge is -2.15. The largest absolute Gasteiger partial charge is 0.612 e. The summed E-state index contributed by atoms with van der Waals surface area (Å²) in [5, 5.41) is 0. The van der Waals surface area contributed by atoms with Crippen molar-refractivity contribution in [2.24, 2.45) is 0 Å². The summed E-state index contributed by atoms with van der Waals surface area (Å²) in [6.07, 6.45) is 3.80. The molecular formula is C12H15NO2S. The zero-order chi connectivity index (χ0) is 11.5. The lowest BCUT2D eigenvalue weighted by Crippen LogP contribution is -2.27. The van der Waals surface area contributed by atoms with Crippen molar-refractivity contribution in [3.05, 3.63) is 29.8 Å². The van der Waals surface area contributed by atoms with E-state index in [-0.39, 0.29) is 5.91 Å². The van der Waals surface area contributed by atoms with Gasteiger partial charge in [-0.3, -0.25) is 4.79 Å². The van der Waals surface area contributed by atoms with Crippen LogP contribution in [0.15, 0.2) is 29.2 Å². The first-order valence-corrected chi connectivity index (χ1v) is 6.97. The first-order valence-electron chi connectivity index (χ1n) is 5.41. The van der Waals surface area contributed by atoms with E-state index < -0.39 is 11.2 Å². The van der Waals surface area contributed by atoms with E-state index in [0.717, 1.165) is 25.9 Å². The molecule has 1 amide bonds.